The Balaban J connectivity index is 2.28. The molecule has 3 nitrogen and oxygen atoms in total. The van der Waals surface area contributed by atoms with E-state index >= 15 is 0 Å². The summed E-state index contributed by atoms with van der Waals surface area (Å²) in [5.74, 6) is 0.929. The maximum atomic E-state index is 5.54. The molecule has 0 aliphatic heterocycles. The lowest BCUT2D eigenvalue weighted by Gasteiger charge is -2.21. The zero-order chi connectivity index (χ0) is 15.2. The Morgan fingerprint density at radius 2 is 2.10 bits per heavy atom. The lowest BCUT2D eigenvalue weighted by molar-refractivity contribution is 0.398. The number of likely N-dealkylation sites (N-methyl/N-ethyl adjacent to an activating group) is 1. The number of nitrogens with one attached hydrogen (secondary N) is 1. The van der Waals surface area contributed by atoms with Gasteiger partial charge in [-0.3, -0.25) is 4.98 Å². The van der Waals surface area contributed by atoms with Crippen LogP contribution in [0.25, 0.3) is 0 Å². The number of hydrogen-bond donors (Lipinski definition) is 1. The van der Waals surface area contributed by atoms with Crippen molar-refractivity contribution in [1.82, 2.24) is 10.3 Å². The summed E-state index contributed by atoms with van der Waals surface area (Å²) in [4.78, 5) is 4.47. The van der Waals surface area contributed by atoms with Crippen molar-refractivity contribution >= 4 is 15.9 Å². The quantitative estimate of drug-likeness (QED) is 0.854. The molecule has 0 radical (unpaired) electrons. The number of aromatic nitrogens is 1. The van der Waals surface area contributed by atoms with E-state index in [2.05, 4.69) is 64.3 Å². The van der Waals surface area contributed by atoms with Crippen LogP contribution in [0.2, 0.25) is 0 Å². The molecular formula is C17H21BrN2O. The van der Waals surface area contributed by atoms with Crippen LogP contribution in [-0.4, -0.2) is 18.6 Å². The Kier molecular flexibility index (Phi) is 5.76. The summed E-state index contributed by atoms with van der Waals surface area (Å²) in [5.41, 5.74) is 3.44. The molecule has 1 heterocycles. The molecule has 0 aliphatic rings. The first-order valence-corrected chi connectivity index (χ1v) is 7.91. The van der Waals surface area contributed by atoms with E-state index in [1.165, 1.54) is 11.1 Å². The highest BCUT2D eigenvalue weighted by Crippen LogP contribution is 2.28. The van der Waals surface area contributed by atoms with Gasteiger partial charge in [0.05, 0.1) is 7.11 Å². The minimum atomic E-state index is 0.194. The second kappa shape index (κ2) is 7.57. The van der Waals surface area contributed by atoms with Gasteiger partial charge >= 0.3 is 0 Å². The number of pyridine rings is 1. The van der Waals surface area contributed by atoms with E-state index < -0.39 is 0 Å². The van der Waals surface area contributed by atoms with Crippen molar-refractivity contribution in [2.24, 2.45) is 0 Å². The summed E-state index contributed by atoms with van der Waals surface area (Å²) in [6, 6.07) is 10.6. The first-order chi connectivity index (χ1) is 10.1. The molecule has 21 heavy (non-hydrogen) atoms. The van der Waals surface area contributed by atoms with Crippen LogP contribution in [0.15, 0.2) is 41.0 Å². The smallest absolute Gasteiger partial charge is 0.123 e. The molecule has 1 atom stereocenters. The normalized spacial score (nSPS) is 12.2. The highest BCUT2D eigenvalue weighted by atomic mass is 79.9. The molecule has 0 saturated heterocycles. The Bertz CT molecular complexity index is 584. The average Bonchev–Trinajstić information content (AvgIpc) is 2.49. The molecule has 2 rings (SSSR count). The van der Waals surface area contributed by atoms with Crippen LogP contribution in [0.1, 0.15) is 29.8 Å². The van der Waals surface area contributed by atoms with Crippen LogP contribution in [0.4, 0.5) is 0 Å². The molecule has 0 amide bonds. The second-order valence-electron chi connectivity index (χ2n) is 5.03. The van der Waals surface area contributed by atoms with Gasteiger partial charge in [-0.2, -0.15) is 0 Å². The minimum absolute atomic E-state index is 0.194. The largest absolute Gasteiger partial charge is 0.496 e. The number of hydrogen-bond acceptors (Lipinski definition) is 3. The number of aryl methyl sites for hydroxylation is 1. The summed E-state index contributed by atoms with van der Waals surface area (Å²) < 4.78 is 6.54. The minimum Gasteiger partial charge on any atom is -0.496 e. The van der Waals surface area contributed by atoms with Gasteiger partial charge in [0.25, 0.3) is 0 Å². The maximum Gasteiger partial charge on any atom is 0.123 e. The predicted molar refractivity (Wildman–Crippen MR) is 89.8 cm³/mol. The van der Waals surface area contributed by atoms with Crippen molar-refractivity contribution in [3.8, 4) is 5.75 Å². The van der Waals surface area contributed by atoms with Crippen molar-refractivity contribution in [3.63, 3.8) is 0 Å². The van der Waals surface area contributed by atoms with Gasteiger partial charge in [-0.05, 0) is 53.2 Å². The molecule has 1 N–H and O–H groups in total. The van der Waals surface area contributed by atoms with Gasteiger partial charge in [-0.15, -0.1) is 0 Å². The molecule has 4 heteroatoms. The first-order valence-electron chi connectivity index (χ1n) is 7.12. The summed E-state index contributed by atoms with van der Waals surface area (Å²) >= 11 is 3.42. The Morgan fingerprint density at radius 1 is 1.29 bits per heavy atom. The fraction of sp³-hybridized carbons (Fsp3) is 0.353. The van der Waals surface area contributed by atoms with Gasteiger partial charge in [-0.1, -0.05) is 19.1 Å². The van der Waals surface area contributed by atoms with Gasteiger partial charge in [0.15, 0.2) is 0 Å². The van der Waals surface area contributed by atoms with Gasteiger partial charge in [-0.25, -0.2) is 0 Å². The molecule has 2 aromatic rings. The third-order valence-corrected chi connectivity index (χ3v) is 3.89. The van der Waals surface area contributed by atoms with E-state index in [-0.39, 0.29) is 6.04 Å². The standard InChI is InChI=1S/C17H21BrN2O/c1-4-19-16(10-14-7-6-13(18)11-20-14)15-8-5-12(2)9-17(15)21-3/h5-9,11,16,19H,4,10H2,1-3H3. The Labute approximate surface area is 134 Å². The summed E-state index contributed by atoms with van der Waals surface area (Å²) in [6.45, 7) is 5.09. The van der Waals surface area contributed by atoms with E-state index in [1.54, 1.807) is 7.11 Å². The number of benzene rings is 1. The zero-order valence-corrected chi connectivity index (χ0v) is 14.3. The lowest BCUT2D eigenvalue weighted by Crippen LogP contribution is -2.24. The van der Waals surface area contributed by atoms with Crippen molar-refractivity contribution in [2.75, 3.05) is 13.7 Å². The molecule has 0 spiro atoms. The van der Waals surface area contributed by atoms with Gasteiger partial charge in [0.2, 0.25) is 0 Å². The molecule has 0 aliphatic carbocycles. The summed E-state index contributed by atoms with van der Waals surface area (Å²) in [7, 11) is 1.72. The van der Waals surface area contributed by atoms with Crippen molar-refractivity contribution in [3.05, 3.63) is 57.8 Å². The molecule has 1 aromatic heterocycles. The van der Waals surface area contributed by atoms with E-state index in [0.29, 0.717) is 0 Å². The Morgan fingerprint density at radius 3 is 2.71 bits per heavy atom. The van der Waals surface area contributed by atoms with Gasteiger partial charge < -0.3 is 10.1 Å². The first kappa shape index (κ1) is 16.0. The van der Waals surface area contributed by atoms with Crippen molar-refractivity contribution in [1.29, 1.82) is 0 Å². The monoisotopic (exact) mass is 348 g/mol. The molecule has 112 valence electrons. The molecule has 0 fully saturated rings. The van der Waals surface area contributed by atoms with Crippen LogP contribution in [0, 0.1) is 6.92 Å². The van der Waals surface area contributed by atoms with Crippen LogP contribution in [0.5, 0.6) is 5.75 Å². The van der Waals surface area contributed by atoms with Crippen molar-refractivity contribution in [2.45, 2.75) is 26.3 Å². The number of ether oxygens (including phenoxy) is 1. The zero-order valence-electron chi connectivity index (χ0n) is 12.7. The van der Waals surface area contributed by atoms with Crippen LogP contribution in [0.3, 0.4) is 0 Å². The number of halogens is 1. The predicted octanol–water partition coefficient (Wildman–Crippen LogP) is 4.05. The highest BCUT2D eigenvalue weighted by Gasteiger charge is 2.16. The van der Waals surface area contributed by atoms with E-state index in [1.807, 2.05) is 12.3 Å². The van der Waals surface area contributed by atoms with Gasteiger partial charge in [0, 0.05) is 34.4 Å². The Hall–Kier alpha value is -1.39. The maximum absolute atomic E-state index is 5.54. The van der Waals surface area contributed by atoms with Gasteiger partial charge in [0.1, 0.15) is 5.75 Å². The summed E-state index contributed by atoms with van der Waals surface area (Å²) in [5, 5.41) is 3.52. The topological polar surface area (TPSA) is 34.2 Å². The number of methoxy groups -OCH3 is 1. The number of nitrogens with zero attached hydrogens (tertiary/aromatic N) is 1. The number of rotatable bonds is 6. The third kappa shape index (κ3) is 4.29. The fourth-order valence-electron chi connectivity index (χ4n) is 2.38. The molecular weight excluding hydrogens is 328 g/mol. The second-order valence-corrected chi connectivity index (χ2v) is 5.94. The van der Waals surface area contributed by atoms with Crippen molar-refractivity contribution < 1.29 is 4.74 Å². The fourth-order valence-corrected chi connectivity index (χ4v) is 2.62. The molecule has 1 aromatic carbocycles. The van der Waals surface area contributed by atoms with Crippen LogP contribution in [-0.2, 0) is 6.42 Å². The molecule has 0 bridgehead atoms. The highest BCUT2D eigenvalue weighted by molar-refractivity contribution is 9.10. The lowest BCUT2D eigenvalue weighted by atomic mass is 9.99. The summed E-state index contributed by atoms with van der Waals surface area (Å²) in [6.07, 6.45) is 2.67. The average molecular weight is 349 g/mol. The van der Waals surface area contributed by atoms with E-state index in [0.717, 1.165) is 28.9 Å². The van der Waals surface area contributed by atoms with E-state index in [4.69, 9.17) is 4.74 Å². The molecule has 1 unspecified atom stereocenters. The molecule has 0 saturated carbocycles. The third-order valence-electron chi connectivity index (χ3n) is 3.42. The van der Waals surface area contributed by atoms with E-state index in [9.17, 15) is 0 Å². The van der Waals surface area contributed by atoms with Crippen LogP contribution < -0.4 is 10.1 Å². The van der Waals surface area contributed by atoms with Crippen LogP contribution >= 0.6 is 15.9 Å². The SMILES string of the molecule is CCNC(Cc1ccc(Br)cn1)c1ccc(C)cc1OC.